The number of carbonyl (C=O) groups excluding carboxylic acids is 2. The van der Waals surface area contributed by atoms with Gasteiger partial charge in [0.15, 0.2) is 5.69 Å². The molecule has 10 nitrogen and oxygen atoms in total. The second-order valence-corrected chi connectivity index (χ2v) is 8.03. The molecular weight excluding hydrogens is 433 g/mol. The molecule has 0 bridgehead atoms. The van der Waals surface area contributed by atoms with Crippen LogP contribution in [0.25, 0.3) is 0 Å². The van der Waals surface area contributed by atoms with Crippen molar-refractivity contribution in [3.8, 4) is 0 Å². The summed E-state index contributed by atoms with van der Waals surface area (Å²) in [6.45, 7) is 0.980. The fourth-order valence-electron chi connectivity index (χ4n) is 4.10. The van der Waals surface area contributed by atoms with Gasteiger partial charge in [-0.1, -0.05) is 25.7 Å². The number of nitrogens with zero attached hydrogens (tertiary/aromatic N) is 5. The Kier molecular flexibility index (Phi) is 7.85. The van der Waals surface area contributed by atoms with Gasteiger partial charge < -0.3 is 9.64 Å². The number of hydrogen-bond acceptors (Lipinski definition) is 8. The van der Waals surface area contributed by atoms with Gasteiger partial charge in [-0.25, -0.2) is 20.9 Å². The zero-order chi connectivity index (χ0) is 23.3. The van der Waals surface area contributed by atoms with Crippen LogP contribution < -0.4 is 15.8 Å². The van der Waals surface area contributed by atoms with E-state index < -0.39 is 29.6 Å². The van der Waals surface area contributed by atoms with Gasteiger partial charge in [0, 0.05) is 19.2 Å². The van der Waals surface area contributed by atoms with Crippen molar-refractivity contribution in [1.82, 2.24) is 15.0 Å². The molecule has 3 N–H and O–H groups in total. The Morgan fingerprint density at radius 3 is 2.56 bits per heavy atom. The Hall–Kier alpha value is -2.51. The summed E-state index contributed by atoms with van der Waals surface area (Å²) in [5.41, 5.74) is -1.23. The maximum absolute atomic E-state index is 13.5. The molecule has 2 amide bonds. The third kappa shape index (κ3) is 6.04. The molecule has 0 spiro atoms. The van der Waals surface area contributed by atoms with Crippen LogP contribution in [-0.2, 0) is 20.5 Å². The highest BCUT2D eigenvalue weighted by Crippen LogP contribution is 2.33. The van der Waals surface area contributed by atoms with Crippen LogP contribution in [0.4, 0.5) is 24.9 Å². The Balaban J connectivity index is 1.88. The van der Waals surface area contributed by atoms with E-state index in [0.717, 1.165) is 31.7 Å². The number of hydrogen-bond donors (Lipinski definition) is 2. The molecule has 1 atom stereocenters. The summed E-state index contributed by atoms with van der Waals surface area (Å²) >= 11 is 0. The lowest BCUT2D eigenvalue weighted by Crippen LogP contribution is -2.46. The predicted molar refractivity (Wildman–Crippen MR) is 106 cm³/mol. The maximum atomic E-state index is 13.5. The molecule has 1 aromatic rings. The van der Waals surface area contributed by atoms with Crippen molar-refractivity contribution >= 4 is 24.1 Å². The van der Waals surface area contributed by atoms with Gasteiger partial charge >= 0.3 is 6.18 Å². The maximum Gasteiger partial charge on any atom is 0.433 e. The van der Waals surface area contributed by atoms with Crippen LogP contribution in [0.1, 0.15) is 37.8 Å². The zero-order valence-corrected chi connectivity index (χ0v) is 17.5. The van der Waals surface area contributed by atoms with Crippen molar-refractivity contribution < 1.29 is 32.7 Å². The minimum absolute atomic E-state index is 0.0158. The lowest BCUT2D eigenvalue weighted by atomic mass is 9.92. The SMILES string of the molecule is NN(C(=O)[C@H](CC1CCCC1)CN(O)C=O)c1nc(N2CCOCC2)cc(C(F)(F)F)n1. The Labute approximate surface area is 183 Å². The van der Waals surface area contributed by atoms with E-state index >= 15 is 0 Å². The Morgan fingerprint density at radius 1 is 1.31 bits per heavy atom. The van der Waals surface area contributed by atoms with Crippen molar-refractivity contribution in [2.45, 2.75) is 38.3 Å². The third-order valence-electron chi connectivity index (χ3n) is 5.75. The molecule has 32 heavy (non-hydrogen) atoms. The molecule has 0 aromatic carbocycles. The highest BCUT2D eigenvalue weighted by molar-refractivity contribution is 5.92. The highest BCUT2D eigenvalue weighted by Gasteiger charge is 2.36. The summed E-state index contributed by atoms with van der Waals surface area (Å²) < 4.78 is 45.6. The van der Waals surface area contributed by atoms with Gasteiger partial charge in [0.05, 0.1) is 25.7 Å². The predicted octanol–water partition coefficient (Wildman–Crippen LogP) is 1.58. The molecule has 0 unspecified atom stereocenters. The third-order valence-corrected chi connectivity index (χ3v) is 5.75. The normalized spacial score (nSPS) is 18.5. The molecule has 2 aliphatic rings. The summed E-state index contributed by atoms with van der Waals surface area (Å²) in [4.78, 5) is 33.1. The van der Waals surface area contributed by atoms with E-state index in [1.54, 1.807) is 4.90 Å². The monoisotopic (exact) mass is 460 g/mol. The lowest BCUT2D eigenvalue weighted by Gasteiger charge is -2.29. The van der Waals surface area contributed by atoms with E-state index in [1.165, 1.54) is 0 Å². The van der Waals surface area contributed by atoms with Gasteiger partial charge in [-0.15, -0.1) is 0 Å². The number of carbonyl (C=O) groups is 2. The van der Waals surface area contributed by atoms with Crippen molar-refractivity contribution in [1.29, 1.82) is 0 Å². The molecule has 2 fully saturated rings. The molecule has 13 heteroatoms. The number of nitrogens with two attached hydrogens (primary N) is 1. The van der Waals surface area contributed by atoms with Crippen LogP contribution in [0.2, 0.25) is 0 Å². The van der Waals surface area contributed by atoms with Crippen molar-refractivity contribution in [2.24, 2.45) is 17.7 Å². The first-order chi connectivity index (χ1) is 15.2. The fraction of sp³-hybridized carbons (Fsp3) is 0.684. The Bertz CT molecular complexity index is 800. The number of hydroxylamine groups is 2. The van der Waals surface area contributed by atoms with E-state index in [2.05, 4.69) is 9.97 Å². The second kappa shape index (κ2) is 10.4. The minimum Gasteiger partial charge on any atom is -0.378 e. The van der Waals surface area contributed by atoms with E-state index in [4.69, 9.17) is 10.6 Å². The van der Waals surface area contributed by atoms with Gasteiger partial charge in [-0.05, 0) is 12.3 Å². The minimum atomic E-state index is -4.77. The molecule has 178 valence electrons. The summed E-state index contributed by atoms with van der Waals surface area (Å²) in [6, 6.07) is 0.811. The molecule has 0 radical (unpaired) electrons. The molecule has 1 saturated carbocycles. The van der Waals surface area contributed by atoms with Crippen LogP contribution in [0, 0.1) is 11.8 Å². The summed E-state index contributed by atoms with van der Waals surface area (Å²) in [6.07, 6.45) is -0.475. The number of anilines is 2. The van der Waals surface area contributed by atoms with Gasteiger partial charge in [0.1, 0.15) is 5.82 Å². The Morgan fingerprint density at radius 2 is 1.97 bits per heavy atom. The summed E-state index contributed by atoms with van der Waals surface area (Å²) in [7, 11) is 0. The van der Waals surface area contributed by atoms with Crippen LogP contribution in [0.3, 0.4) is 0 Å². The highest BCUT2D eigenvalue weighted by atomic mass is 19.4. The van der Waals surface area contributed by atoms with E-state index in [0.29, 0.717) is 42.8 Å². The van der Waals surface area contributed by atoms with E-state index in [1.807, 2.05) is 0 Å². The number of morpholine rings is 1. The van der Waals surface area contributed by atoms with Crippen LogP contribution in [-0.4, -0.2) is 65.4 Å². The first-order valence-corrected chi connectivity index (χ1v) is 10.5. The number of ether oxygens (including phenoxy) is 1. The van der Waals surface area contributed by atoms with E-state index in [9.17, 15) is 28.0 Å². The lowest BCUT2D eigenvalue weighted by molar-refractivity contribution is -0.154. The summed E-state index contributed by atoms with van der Waals surface area (Å²) in [5.74, 6) is 3.80. The van der Waals surface area contributed by atoms with Crippen LogP contribution >= 0.6 is 0 Å². The van der Waals surface area contributed by atoms with Gasteiger partial charge in [0.25, 0.3) is 0 Å². The molecule has 1 aliphatic heterocycles. The van der Waals surface area contributed by atoms with Crippen molar-refractivity contribution in [3.63, 3.8) is 0 Å². The number of aromatic nitrogens is 2. The number of rotatable bonds is 8. The molecule has 2 heterocycles. The topological polar surface area (TPSA) is 125 Å². The van der Waals surface area contributed by atoms with Gasteiger partial charge in [-0.3, -0.25) is 14.8 Å². The van der Waals surface area contributed by atoms with Crippen LogP contribution in [0.5, 0.6) is 0 Å². The number of hydrazine groups is 1. The standard InChI is InChI=1S/C19H27F3N6O4/c20-19(21,22)15-10-16(26-5-7-32-8-6-26)25-18(24-15)28(23)17(30)14(11-27(31)12-29)9-13-3-1-2-4-13/h10,12-14,31H,1-9,11,23H2/t14-/m1/s1. The molecule has 1 aromatic heterocycles. The number of alkyl halides is 3. The summed E-state index contributed by atoms with van der Waals surface area (Å²) in [5, 5.41) is 10.4. The molecule has 1 aliphatic carbocycles. The fourth-order valence-corrected chi connectivity index (χ4v) is 4.10. The molecule has 1 saturated heterocycles. The molecule has 3 rings (SSSR count). The zero-order valence-electron chi connectivity index (χ0n) is 17.5. The van der Waals surface area contributed by atoms with Gasteiger partial charge in [-0.2, -0.15) is 18.2 Å². The van der Waals surface area contributed by atoms with Gasteiger partial charge in [0.2, 0.25) is 18.3 Å². The number of amides is 2. The average Bonchev–Trinajstić information content (AvgIpc) is 3.30. The second-order valence-electron chi connectivity index (χ2n) is 8.03. The smallest absolute Gasteiger partial charge is 0.378 e. The quantitative estimate of drug-likeness (QED) is 0.197. The first-order valence-electron chi connectivity index (χ1n) is 10.5. The first kappa shape index (κ1) is 24.1. The van der Waals surface area contributed by atoms with E-state index in [-0.39, 0.29) is 24.7 Å². The van der Waals surface area contributed by atoms with Crippen LogP contribution in [0.15, 0.2) is 6.07 Å². The number of halogens is 3. The van der Waals surface area contributed by atoms with Crippen molar-refractivity contribution in [2.75, 3.05) is 42.8 Å². The van der Waals surface area contributed by atoms with Crippen molar-refractivity contribution in [3.05, 3.63) is 11.8 Å². The largest absolute Gasteiger partial charge is 0.433 e. The average molecular weight is 460 g/mol. The molecular formula is C19H27F3N6O4.